The normalized spacial score (nSPS) is 12.3. The lowest BCUT2D eigenvalue weighted by Crippen LogP contribution is -2.17. The number of halogens is 5. The third-order valence-corrected chi connectivity index (χ3v) is 3.73. The third kappa shape index (κ3) is 5.30. The van der Waals surface area contributed by atoms with Crippen molar-refractivity contribution < 1.29 is 22.6 Å². The van der Waals surface area contributed by atoms with E-state index in [-0.39, 0.29) is 18.2 Å². The fourth-order valence-electron chi connectivity index (χ4n) is 1.94. The van der Waals surface area contributed by atoms with E-state index >= 15 is 0 Å². The number of rotatable bonds is 4. The Balaban J connectivity index is 0.00000264. The minimum atomic E-state index is -4.71. The van der Waals surface area contributed by atoms with Gasteiger partial charge in [0.1, 0.15) is 11.5 Å². The van der Waals surface area contributed by atoms with Gasteiger partial charge in [0.25, 0.3) is 0 Å². The second kappa shape index (κ2) is 7.90. The van der Waals surface area contributed by atoms with E-state index < -0.39 is 12.4 Å². The molecule has 0 aliphatic carbocycles. The highest BCUT2D eigenvalue weighted by Crippen LogP contribution is 2.31. The van der Waals surface area contributed by atoms with Gasteiger partial charge in [0.15, 0.2) is 0 Å². The van der Waals surface area contributed by atoms with Gasteiger partial charge in [-0.25, -0.2) is 0 Å². The summed E-state index contributed by atoms with van der Waals surface area (Å²) >= 11 is 3.40. The van der Waals surface area contributed by atoms with Gasteiger partial charge in [0, 0.05) is 4.47 Å². The second-order valence-electron chi connectivity index (χ2n) is 4.48. The van der Waals surface area contributed by atoms with Crippen LogP contribution in [0.1, 0.15) is 17.2 Å². The third-order valence-electron chi connectivity index (χ3n) is 3.01. The Kier molecular flexibility index (Phi) is 6.73. The van der Waals surface area contributed by atoms with E-state index in [1.807, 2.05) is 0 Å². The van der Waals surface area contributed by atoms with Gasteiger partial charge in [-0.1, -0.05) is 28.1 Å². The summed E-state index contributed by atoms with van der Waals surface area (Å²) in [6, 6.07) is 10.3. The van der Waals surface area contributed by atoms with E-state index in [0.717, 1.165) is 10.0 Å². The van der Waals surface area contributed by atoms with E-state index in [9.17, 15) is 13.2 Å². The molecule has 0 fully saturated rings. The Morgan fingerprint density at radius 1 is 1.04 bits per heavy atom. The molecule has 126 valence electrons. The number of methoxy groups -OCH3 is 1. The Morgan fingerprint density at radius 2 is 1.61 bits per heavy atom. The fourth-order valence-corrected chi connectivity index (χ4v) is 2.44. The SMILES string of the molecule is COc1ccc(Br)c([C@@H](N)c2ccc(OC(F)(F)F)cc2)c1.Cl. The van der Waals surface area contributed by atoms with Gasteiger partial charge in [0.05, 0.1) is 13.2 Å². The predicted molar refractivity (Wildman–Crippen MR) is 87.1 cm³/mol. The lowest BCUT2D eigenvalue weighted by atomic mass is 9.99. The molecule has 0 saturated heterocycles. The van der Waals surface area contributed by atoms with Crippen molar-refractivity contribution in [3.05, 3.63) is 58.1 Å². The smallest absolute Gasteiger partial charge is 0.497 e. The van der Waals surface area contributed by atoms with Gasteiger partial charge >= 0.3 is 6.36 Å². The van der Waals surface area contributed by atoms with Crippen LogP contribution in [0.15, 0.2) is 46.9 Å². The van der Waals surface area contributed by atoms with Crippen molar-refractivity contribution in [3.63, 3.8) is 0 Å². The molecule has 23 heavy (non-hydrogen) atoms. The summed E-state index contributed by atoms with van der Waals surface area (Å²) in [4.78, 5) is 0. The maximum absolute atomic E-state index is 12.1. The van der Waals surface area contributed by atoms with Crippen molar-refractivity contribution in [3.8, 4) is 11.5 Å². The quantitative estimate of drug-likeness (QED) is 0.782. The summed E-state index contributed by atoms with van der Waals surface area (Å²) in [5, 5.41) is 0. The molecule has 0 saturated carbocycles. The van der Waals surface area contributed by atoms with Crippen molar-refractivity contribution >= 4 is 28.3 Å². The van der Waals surface area contributed by atoms with Crippen LogP contribution in [-0.4, -0.2) is 13.5 Å². The predicted octanol–water partition coefficient (Wildman–Crippen LogP) is 4.83. The number of benzene rings is 2. The van der Waals surface area contributed by atoms with Crippen molar-refractivity contribution in [2.45, 2.75) is 12.4 Å². The Hall–Kier alpha value is -1.44. The fraction of sp³-hybridized carbons (Fsp3) is 0.200. The van der Waals surface area contributed by atoms with Crippen molar-refractivity contribution in [2.75, 3.05) is 7.11 Å². The highest BCUT2D eigenvalue weighted by atomic mass is 79.9. The number of hydrogen-bond acceptors (Lipinski definition) is 3. The maximum Gasteiger partial charge on any atom is 0.573 e. The molecule has 2 aromatic carbocycles. The van der Waals surface area contributed by atoms with Crippen molar-refractivity contribution in [1.82, 2.24) is 0 Å². The summed E-state index contributed by atoms with van der Waals surface area (Å²) in [6.45, 7) is 0. The Bertz CT molecular complexity index is 650. The Morgan fingerprint density at radius 3 is 2.13 bits per heavy atom. The van der Waals surface area contributed by atoms with Crippen LogP contribution < -0.4 is 15.2 Å². The van der Waals surface area contributed by atoms with Crippen LogP contribution in [0.4, 0.5) is 13.2 Å². The first-order valence-electron chi connectivity index (χ1n) is 6.25. The molecule has 0 unspecified atom stereocenters. The Labute approximate surface area is 146 Å². The minimum Gasteiger partial charge on any atom is -0.497 e. The summed E-state index contributed by atoms with van der Waals surface area (Å²) in [6.07, 6.45) is -4.71. The number of hydrogen-bond donors (Lipinski definition) is 1. The monoisotopic (exact) mass is 411 g/mol. The number of ether oxygens (including phenoxy) is 2. The van der Waals surface area contributed by atoms with E-state index in [2.05, 4.69) is 20.7 Å². The molecule has 0 heterocycles. The summed E-state index contributed by atoms with van der Waals surface area (Å²) in [5.74, 6) is 0.360. The highest BCUT2D eigenvalue weighted by Gasteiger charge is 2.31. The van der Waals surface area contributed by atoms with E-state index in [4.69, 9.17) is 10.5 Å². The summed E-state index contributed by atoms with van der Waals surface area (Å²) < 4.78 is 46.2. The van der Waals surface area contributed by atoms with Crippen molar-refractivity contribution in [1.29, 1.82) is 0 Å². The molecule has 0 radical (unpaired) electrons. The average Bonchev–Trinajstić information content (AvgIpc) is 2.46. The largest absolute Gasteiger partial charge is 0.573 e. The van der Waals surface area contributed by atoms with Crippen LogP contribution in [0.5, 0.6) is 11.5 Å². The van der Waals surface area contributed by atoms with Crippen LogP contribution in [0, 0.1) is 0 Å². The van der Waals surface area contributed by atoms with Gasteiger partial charge in [-0.15, -0.1) is 25.6 Å². The minimum absolute atomic E-state index is 0. The van der Waals surface area contributed by atoms with Gasteiger partial charge in [-0.05, 0) is 41.5 Å². The second-order valence-corrected chi connectivity index (χ2v) is 5.34. The molecular weight excluding hydrogens is 399 g/mol. The molecule has 0 spiro atoms. The lowest BCUT2D eigenvalue weighted by Gasteiger charge is -2.16. The van der Waals surface area contributed by atoms with Crippen LogP contribution >= 0.6 is 28.3 Å². The van der Waals surface area contributed by atoms with Crippen molar-refractivity contribution in [2.24, 2.45) is 5.73 Å². The molecule has 0 amide bonds. The lowest BCUT2D eigenvalue weighted by molar-refractivity contribution is -0.274. The molecule has 3 nitrogen and oxygen atoms in total. The molecule has 0 bridgehead atoms. The van der Waals surface area contributed by atoms with E-state index in [0.29, 0.717) is 11.3 Å². The van der Waals surface area contributed by atoms with Crippen LogP contribution in [0.2, 0.25) is 0 Å². The van der Waals surface area contributed by atoms with Gasteiger partial charge in [-0.2, -0.15) is 0 Å². The first kappa shape index (κ1) is 19.6. The maximum atomic E-state index is 12.1. The highest BCUT2D eigenvalue weighted by molar-refractivity contribution is 9.10. The van der Waals surface area contributed by atoms with Crippen LogP contribution in [-0.2, 0) is 0 Å². The average molecular weight is 413 g/mol. The first-order valence-corrected chi connectivity index (χ1v) is 7.04. The van der Waals surface area contributed by atoms with Crippen LogP contribution in [0.3, 0.4) is 0 Å². The molecule has 1 atom stereocenters. The van der Waals surface area contributed by atoms with Crippen LogP contribution in [0.25, 0.3) is 0 Å². The molecular formula is C15H14BrClF3NO2. The molecule has 2 rings (SSSR count). The first-order chi connectivity index (χ1) is 10.3. The summed E-state index contributed by atoms with van der Waals surface area (Å²) in [7, 11) is 1.54. The van der Waals surface area contributed by atoms with Gasteiger partial charge in [0.2, 0.25) is 0 Å². The van der Waals surface area contributed by atoms with Gasteiger partial charge in [-0.3, -0.25) is 0 Å². The van der Waals surface area contributed by atoms with Gasteiger partial charge < -0.3 is 15.2 Å². The molecule has 0 aliphatic heterocycles. The molecule has 8 heteroatoms. The zero-order valence-electron chi connectivity index (χ0n) is 11.9. The molecule has 2 N–H and O–H groups in total. The zero-order valence-corrected chi connectivity index (χ0v) is 14.3. The standard InChI is InChI=1S/C15H13BrF3NO2.ClH/c1-21-11-6-7-13(16)12(8-11)14(20)9-2-4-10(5-3-9)22-15(17,18)19;/h2-8,14H,20H2,1H3;1H/t14-;/m0./s1. The number of nitrogens with two attached hydrogens (primary N) is 1. The molecule has 0 aromatic heterocycles. The van der Waals surface area contributed by atoms with E-state index in [1.165, 1.54) is 24.3 Å². The molecule has 2 aromatic rings. The molecule has 0 aliphatic rings. The number of alkyl halides is 3. The topological polar surface area (TPSA) is 44.5 Å². The summed E-state index contributed by atoms with van der Waals surface area (Å²) in [5.41, 5.74) is 7.59. The zero-order chi connectivity index (χ0) is 16.3. The van der Waals surface area contributed by atoms with E-state index in [1.54, 1.807) is 25.3 Å².